The van der Waals surface area contributed by atoms with Gasteiger partial charge >= 0.3 is 5.97 Å². The summed E-state index contributed by atoms with van der Waals surface area (Å²) in [5, 5.41) is 13.6. The van der Waals surface area contributed by atoms with Crippen molar-refractivity contribution in [3.63, 3.8) is 0 Å². The molecule has 0 aliphatic carbocycles. The minimum absolute atomic E-state index is 0.0788. The lowest BCUT2D eigenvalue weighted by Gasteiger charge is -2.35. The topological polar surface area (TPSA) is 75.1 Å². The van der Waals surface area contributed by atoms with E-state index in [1.807, 2.05) is 18.2 Å². The van der Waals surface area contributed by atoms with E-state index < -0.39 is 5.97 Å². The van der Waals surface area contributed by atoms with Crippen LogP contribution >= 0.6 is 0 Å². The summed E-state index contributed by atoms with van der Waals surface area (Å²) in [7, 11) is 0. The van der Waals surface area contributed by atoms with Crippen LogP contribution < -0.4 is 5.32 Å². The van der Waals surface area contributed by atoms with Crippen molar-refractivity contribution in [2.45, 2.75) is 5.92 Å². The molecule has 1 aliphatic rings. The Morgan fingerprint density at radius 3 is 2.75 bits per heavy atom. The molecule has 2 N–H and O–H groups in total. The molecule has 1 atom stereocenters. The summed E-state index contributed by atoms with van der Waals surface area (Å²) in [6, 6.07) is 13.4. The van der Waals surface area contributed by atoms with E-state index >= 15 is 0 Å². The second kappa shape index (κ2) is 6.02. The van der Waals surface area contributed by atoms with Crippen LogP contribution in [0.2, 0.25) is 0 Å². The van der Waals surface area contributed by atoms with E-state index in [4.69, 9.17) is 0 Å². The number of rotatable bonds is 4. The van der Waals surface area contributed by atoms with Gasteiger partial charge in [-0.1, -0.05) is 12.1 Å². The normalized spacial score (nSPS) is 15.8. The van der Waals surface area contributed by atoms with E-state index in [2.05, 4.69) is 27.4 Å². The minimum atomic E-state index is -0.924. The van der Waals surface area contributed by atoms with Crippen molar-refractivity contribution in [2.75, 3.05) is 13.1 Å². The molecule has 0 spiro atoms. The Morgan fingerprint density at radius 2 is 2.00 bits per heavy atom. The van der Waals surface area contributed by atoms with Gasteiger partial charge in [-0.05, 0) is 41.8 Å². The smallest absolute Gasteiger partial charge is 0.335 e. The second-order valence-corrected chi connectivity index (χ2v) is 6.13. The largest absolute Gasteiger partial charge is 0.478 e. The molecule has 1 aliphatic heterocycles. The van der Waals surface area contributed by atoms with Crippen LogP contribution in [-0.4, -0.2) is 34.1 Å². The standard InChI is InChI=1S/C19H17N3O2/c23-19(24)14-5-7-22-17(9-14)18(15-10-20-11-15)13-3-4-16-12(8-13)2-1-6-21-16/h1-9,15,18,20H,10-11H2,(H,23,24). The molecular weight excluding hydrogens is 302 g/mol. The van der Waals surface area contributed by atoms with Crippen molar-refractivity contribution < 1.29 is 9.90 Å². The van der Waals surface area contributed by atoms with Crippen LogP contribution in [0.15, 0.2) is 54.9 Å². The van der Waals surface area contributed by atoms with Crippen LogP contribution in [0.25, 0.3) is 10.9 Å². The highest BCUT2D eigenvalue weighted by Crippen LogP contribution is 2.34. The number of carboxylic acid groups (broad SMARTS) is 1. The molecule has 3 heterocycles. The Morgan fingerprint density at radius 1 is 1.12 bits per heavy atom. The minimum Gasteiger partial charge on any atom is -0.478 e. The fraction of sp³-hybridized carbons (Fsp3) is 0.211. The molecule has 1 saturated heterocycles. The monoisotopic (exact) mass is 319 g/mol. The molecule has 1 unspecified atom stereocenters. The van der Waals surface area contributed by atoms with E-state index in [1.54, 1.807) is 18.5 Å². The maximum absolute atomic E-state index is 11.3. The van der Waals surface area contributed by atoms with Crippen molar-refractivity contribution in [1.82, 2.24) is 15.3 Å². The number of fused-ring (bicyclic) bond motifs is 1. The van der Waals surface area contributed by atoms with Gasteiger partial charge in [0.2, 0.25) is 0 Å². The van der Waals surface area contributed by atoms with Gasteiger partial charge in [-0.3, -0.25) is 9.97 Å². The molecule has 0 saturated carbocycles. The highest BCUT2D eigenvalue weighted by atomic mass is 16.4. The van der Waals surface area contributed by atoms with Gasteiger partial charge < -0.3 is 10.4 Å². The van der Waals surface area contributed by atoms with Gasteiger partial charge in [0, 0.05) is 42.5 Å². The first-order valence-corrected chi connectivity index (χ1v) is 7.97. The summed E-state index contributed by atoms with van der Waals surface area (Å²) in [5.74, 6) is -0.433. The van der Waals surface area contributed by atoms with Crippen LogP contribution in [0, 0.1) is 5.92 Å². The van der Waals surface area contributed by atoms with Gasteiger partial charge in [0.05, 0.1) is 11.1 Å². The zero-order valence-corrected chi connectivity index (χ0v) is 13.0. The molecule has 5 nitrogen and oxygen atoms in total. The predicted molar refractivity (Wildman–Crippen MR) is 91.1 cm³/mol. The van der Waals surface area contributed by atoms with Crippen molar-refractivity contribution in [2.24, 2.45) is 5.92 Å². The lowest BCUT2D eigenvalue weighted by atomic mass is 9.79. The average Bonchev–Trinajstić information content (AvgIpc) is 2.57. The first-order chi connectivity index (χ1) is 11.7. The molecule has 0 radical (unpaired) electrons. The summed E-state index contributed by atoms with van der Waals surface area (Å²) in [6.07, 6.45) is 3.37. The molecule has 24 heavy (non-hydrogen) atoms. The molecule has 5 heteroatoms. The number of hydrogen-bond donors (Lipinski definition) is 2. The number of pyridine rings is 2. The summed E-state index contributed by atoms with van der Waals surface area (Å²) in [5.41, 5.74) is 3.19. The van der Waals surface area contributed by atoms with Crippen molar-refractivity contribution >= 4 is 16.9 Å². The highest BCUT2D eigenvalue weighted by Gasteiger charge is 2.31. The highest BCUT2D eigenvalue weighted by molar-refractivity contribution is 5.87. The van der Waals surface area contributed by atoms with Gasteiger partial charge in [-0.2, -0.15) is 0 Å². The first-order valence-electron chi connectivity index (χ1n) is 7.97. The average molecular weight is 319 g/mol. The third-order valence-electron chi connectivity index (χ3n) is 4.62. The summed E-state index contributed by atoms with van der Waals surface area (Å²) in [4.78, 5) is 20.1. The van der Waals surface area contributed by atoms with Gasteiger partial charge in [0.25, 0.3) is 0 Å². The van der Waals surface area contributed by atoms with E-state index in [-0.39, 0.29) is 11.5 Å². The van der Waals surface area contributed by atoms with Gasteiger partial charge in [-0.25, -0.2) is 4.79 Å². The van der Waals surface area contributed by atoms with E-state index in [1.165, 1.54) is 6.07 Å². The summed E-state index contributed by atoms with van der Waals surface area (Å²) < 4.78 is 0. The number of carbonyl (C=O) groups is 1. The van der Waals surface area contributed by atoms with Gasteiger partial charge in [0.15, 0.2) is 0 Å². The van der Waals surface area contributed by atoms with Gasteiger partial charge in [0.1, 0.15) is 0 Å². The predicted octanol–water partition coefficient (Wildman–Crippen LogP) is 2.68. The molecule has 0 bridgehead atoms. The Hall–Kier alpha value is -2.79. The Balaban J connectivity index is 1.81. The molecule has 0 amide bonds. The number of aromatic carboxylic acids is 1. The number of nitrogens with one attached hydrogen (secondary N) is 1. The molecular formula is C19H17N3O2. The Bertz CT molecular complexity index is 906. The SMILES string of the molecule is O=C(O)c1ccnc(C(c2ccc3ncccc3c2)C2CNC2)c1. The van der Waals surface area contributed by atoms with E-state index in [0.29, 0.717) is 5.92 Å². The fourth-order valence-corrected chi connectivity index (χ4v) is 3.27. The van der Waals surface area contributed by atoms with Crippen molar-refractivity contribution in [3.05, 3.63) is 71.7 Å². The van der Waals surface area contributed by atoms with Gasteiger partial charge in [-0.15, -0.1) is 0 Å². The molecule has 1 aromatic carbocycles. The number of hydrogen-bond acceptors (Lipinski definition) is 4. The Kier molecular flexibility index (Phi) is 3.70. The second-order valence-electron chi connectivity index (χ2n) is 6.13. The summed E-state index contributed by atoms with van der Waals surface area (Å²) in [6.45, 7) is 1.82. The Labute approximate surface area is 139 Å². The molecule has 120 valence electrons. The third-order valence-corrected chi connectivity index (χ3v) is 4.62. The van der Waals surface area contributed by atoms with Crippen molar-refractivity contribution in [3.8, 4) is 0 Å². The van der Waals surface area contributed by atoms with Crippen LogP contribution in [0.4, 0.5) is 0 Å². The molecule has 2 aromatic heterocycles. The van der Waals surface area contributed by atoms with Crippen LogP contribution in [-0.2, 0) is 0 Å². The van der Waals surface area contributed by atoms with Crippen LogP contribution in [0.1, 0.15) is 27.5 Å². The quantitative estimate of drug-likeness (QED) is 0.773. The first kappa shape index (κ1) is 14.8. The number of carboxylic acids is 1. The summed E-state index contributed by atoms with van der Waals surface area (Å²) >= 11 is 0. The maximum atomic E-state index is 11.3. The maximum Gasteiger partial charge on any atom is 0.335 e. The number of benzene rings is 1. The zero-order chi connectivity index (χ0) is 16.5. The molecule has 3 aromatic rings. The van der Waals surface area contributed by atoms with Crippen molar-refractivity contribution in [1.29, 1.82) is 0 Å². The third kappa shape index (κ3) is 2.63. The molecule has 4 rings (SSSR count). The lowest BCUT2D eigenvalue weighted by Crippen LogP contribution is -2.45. The van der Waals surface area contributed by atoms with Crippen LogP contribution in [0.3, 0.4) is 0 Å². The lowest BCUT2D eigenvalue weighted by molar-refractivity contribution is 0.0696. The number of aromatic nitrogens is 2. The van der Waals surface area contributed by atoms with Crippen LogP contribution in [0.5, 0.6) is 0 Å². The zero-order valence-electron chi connectivity index (χ0n) is 13.0. The van der Waals surface area contributed by atoms with E-state index in [9.17, 15) is 9.90 Å². The molecule has 1 fully saturated rings. The fourth-order valence-electron chi connectivity index (χ4n) is 3.27. The van der Waals surface area contributed by atoms with E-state index in [0.717, 1.165) is 35.2 Å². The number of nitrogens with zero attached hydrogens (tertiary/aromatic N) is 2.